The third-order valence-electron chi connectivity index (χ3n) is 5.51. The van der Waals surface area contributed by atoms with Crippen molar-refractivity contribution >= 4 is 5.91 Å². The van der Waals surface area contributed by atoms with Crippen molar-refractivity contribution < 1.29 is 4.79 Å². The molecular formula is C26H24N2O. The molecule has 1 heterocycles. The smallest absolute Gasteiger partial charge is 0.250 e. The molecule has 0 bridgehead atoms. The highest BCUT2D eigenvalue weighted by Gasteiger charge is 2.17. The van der Waals surface area contributed by atoms with Crippen LogP contribution in [0.25, 0.3) is 22.4 Å². The maximum Gasteiger partial charge on any atom is 0.250 e. The van der Waals surface area contributed by atoms with Crippen LogP contribution in [0.1, 0.15) is 27.2 Å². The lowest BCUT2D eigenvalue weighted by Gasteiger charge is -2.14. The van der Waals surface area contributed by atoms with Crippen LogP contribution >= 0.6 is 0 Å². The lowest BCUT2D eigenvalue weighted by atomic mass is 10.0. The van der Waals surface area contributed by atoms with Gasteiger partial charge in [0.2, 0.25) is 0 Å². The molecule has 4 aromatic rings. The minimum atomic E-state index is -0.395. The molecule has 0 aliphatic heterocycles. The minimum absolute atomic E-state index is 0.395. The molecule has 4 rings (SSSR count). The van der Waals surface area contributed by atoms with Gasteiger partial charge in [-0.15, -0.1) is 0 Å². The number of primary amides is 1. The maximum atomic E-state index is 12.0. The number of hydrogen-bond acceptors (Lipinski definition) is 1. The van der Waals surface area contributed by atoms with Gasteiger partial charge in [0.25, 0.3) is 5.91 Å². The Balaban J connectivity index is 1.77. The second-order valence-corrected chi connectivity index (χ2v) is 7.35. The highest BCUT2D eigenvalue weighted by molar-refractivity contribution is 5.95. The number of aryl methyl sites for hydroxylation is 1. The third-order valence-corrected chi connectivity index (χ3v) is 5.51. The van der Waals surface area contributed by atoms with Crippen LogP contribution in [0.2, 0.25) is 0 Å². The summed E-state index contributed by atoms with van der Waals surface area (Å²) >= 11 is 0. The topological polar surface area (TPSA) is 48.0 Å². The van der Waals surface area contributed by atoms with Crippen molar-refractivity contribution in [3.63, 3.8) is 0 Å². The molecule has 1 amide bonds. The molecule has 0 unspecified atom stereocenters. The summed E-state index contributed by atoms with van der Waals surface area (Å²) in [5.41, 5.74) is 14.0. The molecule has 0 radical (unpaired) electrons. The first kappa shape index (κ1) is 18.8. The molecule has 0 fully saturated rings. The van der Waals surface area contributed by atoms with Gasteiger partial charge in [-0.25, -0.2) is 0 Å². The van der Waals surface area contributed by atoms with E-state index in [9.17, 15) is 4.79 Å². The summed E-state index contributed by atoms with van der Waals surface area (Å²) < 4.78 is 2.18. The van der Waals surface area contributed by atoms with E-state index in [4.69, 9.17) is 5.73 Å². The molecule has 144 valence electrons. The Morgan fingerprint density at radius 3 is 2.03 bits per heavy atom. The molecule has 0 aliphatic rings. The van der Waals surface area contributed by atoms with Crippen molar-refractivity contribution in [2.75, 3.05) is 0 Å². The first-order valence-corrected chi connectivity index (χ1v) is 9.75. The first-order valence-electron chi connectivity index (χ1n) is 9.75. The van der Waals surface area contributed by atoms with Gasteiger partial charge in [0.1, 0.15) is 0 Å². The van der Waals surface area contributed by atoms with E-state index >= 15 is 0 Å². The Hall–Kier alpha value is -3.59. The van der Waals surface area contributed by atoms with Crippen LogP contribution in [0.4, 0.5) is 0 Å². The second-order valence-electron chi connectivity index (χ2n) is 7.35. The zero-order valence-corrected chi connectivity index (χ0v) is 16.7. The number of carbonyl (C=O) groups is 1. The van der Waals surface area contributed by atoms with Crippen LogP contribution in [-0.4, -0.2) is 10.5 Å². The summed E-state index contributed by atoms with van der Waals surface area (Å²) in [7, 11) is 0. The van der Waals surface area contributed by atoms with Gasteiger partial charge in [-0.1, -0.05) is 78.9 Å². The molecule has 0 atom stereocenters. The predicted octanol–water partition coefficient (Wildman–Crippen LogP) is 5.59. The Bertz CT molecular complexity index is 1160. The first-order chi connectivity index (χ1) is 14.0. The molecular weight excluding hydrogens is 356 g/mol. The molecule has 0 spiro atoms. The number of carbonyl (C=O) groups excluding carboxylic acids is 1. The van der Waals surface area contributed by atoms with E-state index in [1.165, 1.54) is 22.3 Å². The highest BCUT2D eigenvalue weighted by atomic mass is 16.1. The van der Waals surface area contributed by atoms with E-state index < -0.39 is 5.91 Å². The monoisotopic (exact) mass is 380 g/mol. The number of hydrogen-bond donors (Lipinski definition) is 1. The zero-order chi connectivity index (χ0) is 20.4. The summed E-state index contributed by atoms with van der Waals surface area (Å²) in [5, 5.41) is 0. The Morgan fingerprint density at radius 1 is 0.793 bits per heavy atom. The van der Waals surface area contributed by atoms with Crippen LogP contribution in [0.3, 0.4) is 0 Å². The average molecular weight is 380 g/mol. The largest absolute Gasteiger partial charge is 0.366 e. The number of amides is 1. The quantitative estimate of drug-likeness (QED) is 0.482. The van der Waals surface area contributed by atoms with Crippen LogP contribution in [0.15, 0.2) is 84.9 Å². The van der Waals surface area contributed by atoms with Crippen molar-refractivity contribution in [1.29, 1.82) is 0 Å². The molecule has 3 aromatic carbocycles. The number of aromatic nitrogens is 1. The van der Waals surface area contributed by atoms with E-state index in [1.54, 1.807) is 0 Å². The van der Waals surface area contributed by atoms with Gasteiger partial charge in [0.05, 0.1) is 5.56 Å². The molecule has 0 saturated carbocycles. The van der Waals surface area contributed by atoms with E-state index in [0.29, 0.717) is 12.1 Å². The van der Waals surface area contributed by atoms with E-state index in [0.717, 1.165) is 17.0 Å². The fraction of sp³-hybridized carbons (Fsp3) is 0.115. The van der Waals surface area contributed by atoms with Crippen LogP contribution in [-0.2, 0) is 6.54 Å². The molecule has 29 heavy (non-hydrogen) atoms. The number of nitrogens with two attached hydrogens (primary N) is 1. The molecule has 3 nitrogen and oxygen atoms in total. The van der Waals surface area contributed by atoms with E-state index in [-0.39, 0.29) is 0 Å². The van der Waals surface area contributed by atoms with Crippen LogP contribution in [0.5, 0.6) is 0 Å². The predicted molar refractivity (Wildman–Crippen MR) is 119 cm³/mol. The Morgan fingerprint density at radius 2 is 1.38 bits per heavy atom. The molecule has 0 saturated heterocycles. The summed E-state index contributed by atoms with van der Waals surface area (Å²) in [5.74, 6) is -0.395. The fourth-order valence-corrected chi connectivity index (χ4v) is 3.76. The molecule has 3 heteroatoms. The van der Waals surface area contributed by atoms with Gasteiger partial charge in [-0.3, -0.25) is 4.79 Å². The molecule has 1 aromatic heterocycles. The van der Waals surface area contributed by atoms with Crippen LogP contribution < -0.4 is 5.73 Å². The molecule has 0 aliphatic carbocycles. The van der Waals surface area contributed by atoms with Crippen molar-refractivity contribution in [2.24, 2.45) is 5.73 Å². The zero-order valence-electron chi connectivity index (χ0n) is 16.7. The van der Waals surface area contributed by atoms with Gasteiger partial charge < -0.3 is 10.3 Å². The Labute approximate surface area is 171 Å². The van der Waals surface area contributed by atoms with E-state index in [2.05, 4.69) is 60.0 Å². The SMILES string of the molecule is Cc1ccccc1Cn1c(-c2ccc(-c3ccccc3)cc2)cc(C(N)=O)c1C. The second kappa shape index (κ2) is 7.80. The number of benzene rings is 3. The van der Waals surface area contributed by atoms with Crippen molar-refractivity contribution in [2.45, 2.75) is 20.4 Å². The standard InChI is InChI=1S/C26H24N2O/c1-18-8-6-7-11-23(18)17-28-19(2)24(26(27)29)16-25(28)22-14-12-21(13-15-22)20-9-4-3-5-10-20/h3-16H,17H2,1-2H3,(H2,27,29). The minimum Gasteiger partial charge on any atom is -0.366 e. The average Bonchev–Trinajstić information content (AvgIpc) is 3.07. The molecule has 2 N–H and O–H groups in total. The number of rotatable bonds is 5. The third kappa shape index (κ3) is 3.72. The Kier molecular flexibility index (Phi) is 5.05. The summed E-state index contributed by atoms with van der Waals surface area (Å²) in [4.78, 5) is 12.0. The fourth-order valence-electron chi connectivity index (χ4n) is 3.76. The van der Waals surface area contributed by atoms with Gasteiger partial charge in [-0.05, 0) is 47.7 Å². The normalized spacial score (nSPS) is 10.8. The summed E-state index contributed by atoms with van der Waals surface area (Å²) in [6.45, 7) is 4.76. The highest BCUT2D eigenvalue weighted by Crippen LogP contribution is 2.29. The summed E-state index contributed by atoms with van der Waals surface area (Å²) in [6, 6.07) is 29.0. The van der Waals surface area contributed by atoms with Gasteiger partial charge in [0, 0.05) is 17.9 Å². The van der Waals surface area contributed by atoms with Crippen LogP contribution in [0, 0.1) is 13.8 Å². The van der Waals surface area contributed by atoms with Crippen molar-refractivity contribution in [1.82, 2.24) is 4.57 Å². The lowest BCUT2D eigenvalue weighted by molar-refractivity contribution is 0.0999. The van der Waals surface area contributed by atoms with Crippen molar-refractivity contribution in [3.05, 3.63) is 107 Å². The number of nitrogens with zero attached hydrogens (tertiary/aromatic N) is 1. The van der Waals surface area contributed by atoms with Gasteiger partial charge in [0.15, 0.2) is 0 Å². The van der Waals surface area contributed by atoms with Crippen molar-refractivity contribution in [3.8, 4) is 22.4 Å². The van der Waals surface area contributed by atoms with Gasteiger partial charge in [-0.2, -0.15) is 0 Å². The lowest BCUT2D eigenvalue weighted by Crippen LogP contribution is -2.13. The van der Waals surface area contributed by atoms with Gasteiger partial charge >= 0.3 is 0 Å². The maximum absolute atomic E-state index is 12.0. The summed E-state index contributed by atoms with van der Waals surface area (Å²) in [6.07, 6.45) is 0. The van der Waals surface area contributed by atoms with E-state index in [1.807, 2.05) is 43.3 Å².